The second-order valence-corrected chi connectivity index (χ2v) is 8.89. The lowest BCUT2D eigenvalue weighted by molar-refractivity contribution is -0.132. The van der Waals surface area contributed by atoms with Gasteiger partial charge in [0.15, 0.2) is 0 Å². The largest absolute Gasteiger partial charge is 0.340 e. The molecule has 2 fully saturated rings. The number of carbonyl (C=O) groups is 1. The topological polar surface area (TPSA) is 69.7 Å². The van der Waals surface area contributed by atoms with Crippen LogP contribution in [0.4, 0.5) is 0 Å². The van der Waals surface area contributed by atoms with Crippen molar-refractivity contribution in [3.05, 3.63) is 35.9 Å². The summed E-state index contributed by atoms with van der Waals surface area (Å²) < 4.78 is 26.6. The van der Waals surface area contributed by atoms with Gasteiger partial charge in [0.1, 0.15) is 0 Å². The van der Waals surface area contributed by atoms with Crippen molar-refractivity contribution in [3.63, 3.8) is 0 Å². The number of rotatable bonds is 6. The third-order valence-corrected chi connectivity index (χ3v) is 6.96. The fourth-order valence-corrected chi connectivity index (χ4v) is 5.05. The summed E-state index contributed by atoms with van der Waals surface area (Å²) in [5.74, 6) is 0.791. The van der Waals surface area contributed by atoms with Gasteiger partial charge in [0, 0.05) is 32.6 Å². The van der Waals surface area contributed by atoms with Crippen LogP contribution in [0.1, 0.15) is 24.8 Å². The van der Waals surface area contributed by atoms with Crippen molar-refractivity contribution in [2.75, 3.05) is 39.3 Å². The van der Waals surface area contributed by atoms with E-state index in [1.54, 1.807) is 0 Å². The summed E-state index contributed by atoms with van der Waals surface area (Å²) in [6.07, 6.45) is 2.65. The van der Waals surface area contributed by atoms with E-state index >= 15 is 0 Å². The molecule has 2 saturated heterocycles. The van der Waals surface area contributed by atoms with Crippen molar-refractivity contribution in [1.29, 1.82) is 0 Å². The summed E-state index contributed by atoms with van der Waals surface area (Å²) >= 11 is 0. The Morgan fingerprint density at radius 2 is 1.84 bits per heavy atom. The predicted molar refractivity (Wildman–Crippen MR) is 97.4 cm³/mol. The third kappa shape index (κ3) is 5.03. The number of nitrogens with one attached hydrogen (secondary N) is 1. The van der Waals surface area contributed by atoms with E-state index in [2.05, 4.69) is 5.32 Å². The van der Waals surface area contributed by atoms with Crippen LogP contribution >= 0.6 is 0 Å². The number of sulfonamides is 1. The van der Waals surface area contributed by atoms with Gasteiger partial charge in [-0.15, -0.1) is 0 Å². The van der Waals surface area contributed by atoms with Crippen LogP contribution in [0.5, 0.6) is 0 Å². The minimum atomic E-state index is -3.32. The molecule has 0 aromatic heterocycles. The Morgan fingerprint density at radius 1 is 1.12 bits per heavy atom. The van der Waals surface area contributed by atoms with E-state index in [-0.39, 0.29) is 11.7 Å². The van der Waals surface area contributed by atoms with Gasteiger partial charge in [0.25, 0.3) is 0 Å². The summed E-state index contributed by atoms with van der Waals surface area (Å²) in [5, 5.41) is 3.32. The zero-order chi connectivity index (χ0) is 17.7. The first kappa shape index (κ1) is 18.4. The van der Waals surface area contributed by atoms with Gasteiger partial charge in [0.2, 0.25) is 15.9 Å². The summed E-state index contributed by atoms with van der Waals surface area (Å²) in [6, 6.07) is 9.23. The summed E-state index contributed by atoms with van der Waals surface area (Å²) in [4.78, 5) is 14.2. The maximum Gasteiger partial charge on any atom is 0.222 e. The van der Waals surface area contributed by atoms with Gasteiger partial charge in [-0.1, -0.05) is 30.3 Å². The van der Waals surface area contributed by atoms with Gasteiger partial charge in [-0.3, -0.25) is 4.79 Å². The Morgan fingerprint density at radius 3 is 2.48 bits per heavy atom. The maximum absolute atomic E-state index is 12.5. The molecule has 7 heteroatoms. The predicted octanol–water partition coefficient (Wildman–Crippen LogP) is 1.05. The van der Waals surface area contributed by atoms with E-state index in [0.29, 0.717) is 38.5 Å². The molecular formula is C18H27N3O3S. The monoisotopic (exact) mass is 365 g/mol. The molecule has 2 aliphatic heterocycles. The molecule has 0 bridgehead atoms. The molecule has 2 aliphatic rings. The number of hydrogen-bond donors (Lipinski definition) is 1. The zero-order valence-corrected chi connectivity index (χ0v) is 15.4. The number of nitrogens with zero attached hydrogens (tertiary/aromatic N) is 2. The number of carbonyl (C=O) groups excluding carboxylic acids is 1. The molecule has 0 radical (unpaired) electrons. The van der Waals surface area contributed by atoms with Crippen LogP contribution in [0.3, 0.4) is 0 Å². The normalized spacial score (nSPS) is 22.2. The van der Waals surface area contributed by atoms with E-state index in [1.807, 2.05) is 35.2 Å². The van der Waals surface area contributed by atoms with Gasteiger partial charge < -0.3 is 10.2 Å². The maximum atomic E-state index is 12.5. The minimum absolute atomic E-state index is 0.0243. The molecule has 0 aliphatic carbocycles. The highest BCUT2D eigenvalue weighted by Crippen LogP contribution is 2.17. The van der Waals surface area contributed by atoms with Crippen molar-refractivity contribution in [2.24, 2.45) is 5.92 Å². The first-order valence-electron chi connectivity index (χ1n) is 9.05. The van der Waals surface area contributed by atoms with Crippen LogP contribution in [0.25, 0.3) is 0 Å². The van der Waals surface area contributed by atoms with Gasteiger partial charge in [0.05, 0.1) is 5.75 Å². The minimum Gasteiger partial charge on any atom is -0.340 e. The van der Waals surface area contributed by atoms with Crippen molar-refractivity contribution in [1.82, 2.24) is 14.5 Å². The molecule has 138 valence electrons. The van der Waals surface area contributed by atoms with E-state index in [4.69, 9.17) is 0 Å². The van der Waals surface area contributed by atoms with Crippen molar-refractivity contribution < 1.29 is 13.2 Å². The van der Waals surface area contributed by atoms with Crippen molar-refractivity contribution in [3.8, 4) is 0 Å². The molecule has 1 N–H and O–H groups in total. The van der Waals surface area contributed by atoms with Crippen LogP contribution in [0.15, 0.2) is 30.3 Å². The van der Waals surface area contributed by atoms with E-state index < -0.39 is 10.0 Å². The van der Waals surface area contributed by atoms with E-state index in [0.717, 1.165) is 31.5 Å². The zero-order valence-electron chi connectivity index (χ0n) is 14.6. The fraction of sp³-hybridized carbons (Fsp3) is 0.611. The Kier molecular flexibility index (Phi) is 6.09. The SMILES string of the molecule is O=C(CCC1CCNC1)N1CCN(S(=O)(=O)Cc2ccccc2)CC1. The Balaban J connectivity index is 1.46. The summed E-state index contributed by atoms with van der Waals surface area (Å²) in [5.41, 5.74) is 0.797. The molecule has 6 nitrogen and oxygen atoms in total. The van der Waals surface area contributed by atoms with Crippen molar-refractivity contribution in [2.45, 2.75) is 25.0 Å². The van der Waals surface area contributed by atoms with Crippen LogP contribution in [0, 0.1) is 5.92 Å². The first-order chi connectivity index (χ1) is 12.0. The molecule has 25 heavy (non-hydrogen) atoms. The van der Waals surface area contributed by atoms with E-state index in [9.17, 15) is 13.2 Å². The van der Waals surface area contributed by atoms with Gasteiger partial charge >= 0.3 is 0 Å². The van der Waals surface area contributed by atoms with Crippen LogP contribution < -0.4 is 5.32 Å². The van der Waals surface area contributed by atoms with Gasteiger partial charge in [-0.05, 0) is 37.4 Å². The average Bonchev–Trinajstić information content (AvgIpc) is 3.14. The molecule has 1 unspecified atom stereocenters. The molecule has 1 aromatic carbocycles. The molecule has 1 aromatic rings. The standard InChI is InChI=1S/C18H27N3O3S/c22-18(7-6-16-8-9-19-14-16)20-10-12-21(13-11-20)25(23,24)15-17-4-2-1-3-5-17/h1-5,16,19H,6-15H2. The molecule has 0 spiro atoms. The number of amides is 1. The highest BCUT2D eigenvalue weighted by atomic mass is 32.2. The van der Waals surface area contributed by atoms with E-state index in [1.165, 1.54) is 4.31 Å². The summed E-state index contributed by atoms with van der Waals surface area (Å²) in [6.45, 7) is 3.85. The smallest absolute Gasteiger partial charge is 0.222 e. The van der Waals surface area contributed by atoms with Crippen LogP contribution in [-0.4, -0.2) is 62.8 Å². The highest BCUT2D eigenvalue weighted by molar-refractivity contribution is 7.88. The molecular weight excluding hydrogens is 338 g/mol. The molecule has 1 atom stereocenters. The molecule has 2 heterocycles. The lowest BCUT2D eigenvalue weighted by Gasteiger charge is -2.34. The Labute approximate surface area is 150 Å². The lowest BCUT2D eigenvalue weighted by atomic mass is 10.0. The highest BCUT2D eigenvalue weighted by Gasteiger charge is 2.29. The number of hydrogen-bond acceptors (Lipinski definition) is 4. The van der Waals surface area contributed by atoms with Gasteiger partial charge in [-0.2, -0.15) is 4.31 Å². The van der Waals surface area contributed by atoms with Crippen LogP contribution in [-0.2, 0) is 20.6 Å². The molecule has 3 rings (SSSR count). The number of piperazine rings is 1. The quantitative estimate of drug-likeness (QED) is 0.818. The number of benzene rings is 1. The lowest BCUT2D eigenvalue weighted by Crippen LogP contribution is -2.50. The second-order valence-electron chi connectivity index (χ2n) is 6.92. The fourth-order valence-electron chi connectivity index (χ4n) is 3.54. The average molecular weight is 365 g/mol. The first-order valence-corrected chi connectivity index (χ1v) is 10.7. The Hall–Kier alpha value is -1.44. The van der Waals surface area contributed by atoms with Gasteiger partial charge in [-0.25, -0.2) is 8.42 Å². The van der Waals surface area contributed by atoms with Crippen LogP contribution in [0.2, 0.25) is 0 Å². The third-order valence-electron chi connectivity index (χ3n) is 5.11. The Bertz CT molecular complexity index is 664. The molecule has 0 saturated carbocycles. The second kappa shape index (κ2) is 8.29. The van der Waals surface area contributed by atoms with Crippen molar-refractivity contribution >= 4 is 15.9 Å². The molecule has 1 amide bonds. The summed E-state index contributed by atoms with van der Waals surface area (Å²) in [7, 11) is -3.32.